The third kappa shape index (κ3) is 4.56. The molecule has 30 heavy (non-hydrogen) atoms. The van der Waals surface area contributed by atoms with Gasteiger partial charge in [0.15, 0.2) is 5.82 Å². The van der Waals surface area contributed by atoms with Crippen LogP contribution in [0.25, 0.3) is 0 Å². The van der Waals surface area contributed by atoms with Crippen LogP contribution in [0.2, 0.25) is 0 Å². The van der Waals surface area contributed by atoms with E-state index in [1.165, 1.54) is 18.4 Å². The number of carbonyl (C=O) groups is 1. The number of nitrogens with one attached hydrogen (secondary N) is 1. The summed E-state index contributed by atoms with van der Waals surface area (Å²) >= 11 is 0. The molecule has 2 heterocycles. The van der Waals surface area contributed by atoms with Crippen LogP contribution in [0.4, 0.5) is 0 Å². The zero-order valence-electron chi connectivity index (χ0n) is 18.1. The van der Waals surface area contributed by atoms with Crippen molar-refractivity contribution in [3.05, 3.63) is 41.7 Å². The van der Waals surface area contributed by atoms with Crippen LogP contribution in [0.5, 0.6) is 0 Å². The summed E-state index contributed by atoms with van der Waals surface area (Å²) < 4.78 is 2.07. The van der Waals surface area contributed by atoms with Gasteiger partial charge in [-0.1, -0.05) is 50.1 Å². The Morgan fingerprint density at radius 2 is 2.00 bits per heavy atom. The molecule has 2 aliphatic rings. The average Bonchev–Trinajstić information content (AvgIpc) is 3.49. The summed E-state index contributed by atoms with van der Waals surface area (Å²) in [5.74, 6) is 1.13. The first kappa shape index (κ1) is 21.0. The molecule has 1 saturated heterocycles. The molecular weight excluding hydrogens is 376 g/mol. The number of piperidine rings is 1. The molecule has 1 aromatic heterocycles. The maximum atomic E-state index is 12.5. The lowest BCUT2D eigenvalue weighted by Gasteiger charge is -2.43. The minimum Gasteiger partial charge on any atom is -0.340 e. The average molecular weight is 411 g/mol. The highest BCUT2D eigenvalue weighted by Gasteiger charge is 2.43. The molecule has 1 amide bonds. The normalized spacial score (nSPS) is 22.5. The predicted octanol–water partition coefficient (Wildman–Crippen LogP) is 3.24. The van der Waals surface area contributed by atoms with Crippen LogP contribution in [-0.4, -0.2) is 50.6 Å². The lowest BCUT2D eigenvalue weighted by atomic mass is 9.87. The molecule has 1 aromatic carbocycles. The van der Waals surface area contributed by atoms with Gasteiger partial charge in [0.2, 0.25) is 5.91 Å². The number of amides is 1. The number of rotatable bonds is 8. The van der Waals surface area contributed by atoms with E-state index >= 15 is 0 Å². The molecule has 1 aliphatic heterocycles. The van der Waals surface area contributed by atoms with Gasteiger partial charge in [-0.15, -0.1) is 5.10 Å². The number of tetrazole rings is 1. The second-order valence-electron chi connectivity index (χ2n) is 8.76. The van der Waals surface area contributed by atoms with Gasteiger partial charge in [0.25, 0.3) is 0 Å². The highest BCUT2D eigenvalue weighted by Crippen LogP contribution is 2.35. The SMILES string of the molecule is CCC(=O)N1CCCC(NCCCc2ccccc2)(c2nnnn2C2CCCC2)C1. The molecule has 7 nitrogen and oxygen atoms in total. The summed E-state index contributed by atoms with van der Waals surface area (Å²) in [5, 5.41) is 16.8. The quantitative estimate of drug-likeness (QED) is 0.676. The Morgan fingerprint density at radius 3 is 2.77 bits per heavy atom. The topological polar surface area (TPSA) is 75.9 Å². The van der Waals surface area contributed by atoms with Crippen molar-refractivity contribution < 1.29 is 4.79 Å². The van der Waals surface area contributed by atoms with Crippen molar-refractivity contribution in [2.24, 2.45) is 0 Å². The van der Waals surface area contributed by atoms with E-state index in [-0.39, 0.29) is 11.4 Å². The van der Waals surface area contributed by atoms with Gasteiger partial charge in [-0.25, -0.2) is 4.68 Å². The molecule has 0 bridgehead atoms. The molecule has 0 spiro atoms. The van der Waals surface area contributed by atoms with Gasteiger partial charge in [-0.2, -0.15) is 0 Å². The van der Waals surface area contributed by atoms with E-state index in [1.54, 1.807) is 0 Å². The summed E-state index contributed by atoms with van der Waals surface area (Å²) in [7, 11) is 0. The molecular formula is C23H34N6O. The van der Waals surface area contributed by atoms with E-state index in [0.29, 0.717) is 19.0 Å². The maximum Gasteiger partial charge on any atom is 0.222 e. The van der Waals surface area contributed by atoms with Crippen molar-refractivity contribution in [2.75, 3.05) is 19.6 Å². The highest BCUT2D eigenvalue weighted by molar-refractivity contribution is 5.76. The van der Waals surface area contributed by atoms with Gasteiger partial charge >= 0.3 is 0 Å². The highest BCUT2D eigenvalue weighted by atomic mass is 16.2. The second kappa shape index (κ2) is 9.69. The number of nitrogens with zero attached hydrogens (tertiary/aromatic N) is 5. The van der Waals surface area contributed by atoms with Crippen LogP contribution < -0.4 is 5.32 Å². The molecule has 1 N–H and O–H groups in total. The summed E-state index contributed by atoms with van der Waals surface area (Å²) in [6, 6.07) is 11.0. The number of hydrogen-bond donors (Lipinski definition) is 1. The van der Waals surface area contributed by atoms with Crippen LogP contribution in [-0.2, 0) is 16.8 Å². The van der Waals surface area contributed by atoms with Gasteiger partial charge in [0, 0.05) is 19.5 Å². The van der Waals surface area contributed by atoms with Crippen LogP contribution in [0, 0.1) is 0 Å². The Kier molecular flexibility index (Phi) is 6.77. The number of benzene rings is 1. The van der Waals surface area contributed by atoms with Crippen LogP contribution in [0.1, 0.15) is 75.7 Å². The smallest absolute Gasteiger partial charge is 0.222 e. The third-order valence-corrected chi connectivity index (χ3v) is 6.69. The van der Waals surface area contributed by atoms with Crippen LogP contribution in [0.3, 0.4) is 0 Å². The molecule has 1 aliphatic carbocycles. The third-order valence-electron chi connectivity index (χ3n) is 6.69. The van der Waals surface area contributed by atoms with Crippen LogP contribution in [0.15, 0.2) is 30.3 Å². The molecule has 2 fully saturated rings. The second-order valence-corrected chi connectivity index (χ2v) is 8.76. The maximum absolute atomic E-state index is 12.5. The fourth-order valence-electron chi connectivity index (χ4n) is 5.07. The fraction of sp³-hybridized carbons (Fsp3) is 0.652. The fourth-order valence-corrected chi connectivity index (χ4v) is 5.07. The van der Waals surface area contributed by atoms with E-state index in [1.807, 2.05) is 11.8 Å². The minimum atomic E-state index is -0.369. The zero-order valence-corrected chi connectivity index (χ0v) is 18.1. The summed E-state index contributed by atoms with van der Waals surface area (Å²) in [5.41, 5.74) is 0.988. The van der Waals surface area contributed by atoms with Gasteiger partial charge in [-0.05, 0) is 61.1 Å². The van der Waals surface area contributed by atoms with Gasteiger partial charge in [-0.3, -0.25) is 4.79 Å². The molecule has 162 valence electrons. The Labute approximate surface area is 179 Å². The van der Waals surface area contributed by atoms with E-state index in [0.717, 1.165) is 57.4 Å². The Morgan fingerprint density at radius 1 is 1.20 bits per heavy atom. The Balaban J connectivity index is 1.52. The van der Waals surface area contributed by atoms with Gasteiger partial charge in [0.1, 0.15) is 0 Å². The van der Waals surface area contributed by atoms with E-state index in [2.05, 4.69) is 55.9 Å². The van der Waals surface area contributed by atoms with Crippen molar-refractivity contribution in [1.82, 2.24) is 30.4 Å². The molecule has 4 rings (SSSR count). The number of hydrogen-bond acceptors (Lipinski definition) is 5. The minimum absolute atomic E-state index is 0.213. The molecule has 1 atom stereocenters. The number of aryl methyl sites for hydroxylation is 1. The zero-order chi connectivity index (χ0) is 20.8. The lowest BCUT2D eigenvalue weighted by Crippen LogP contribution is -2.57. The first-order chi connectivity index (χ1) is 14.7. The van der Waals surface area contributed by atoms with E-state index in [4.69, 9.17) is 0 Å². The molecule has 7 heteroatoms. The first-order valence-corrected chi connectivity index (χ1v) is 11.6. The molecule has 1 unspecified atom stereocenters. The Hall–Kier alpha value is -2.28. The van der Waals surface area contributed by atoms with Crippen molar-refractivity contribution in [3.8, 4) is 0 Å². The monoisotopic (exact) mass is 410 g/mol. The summed E-state index contributed by atoms with van der Waals surface area (Å²) in [6.07, 6.45) is 9.29. The lowest BCUT2D eigenvalue weighted by molar-refractivity contribution is -0.133. The van der Waals surface area contributed by atoms with Gasteiger partial charge < -0.3 is 10.2 Å². The van der Waals surface area contributed by atoms with E-state index < -0.39 is 0 Å². The molecule has 1 saturated carbocycles. The molecule has 0 radical (unpaired) electrons. The van der Waals surface area contributed by atoms with Crippen molar-refractivity contribution in [2.45, 2.75) is 76.3 Å². The number of aromatic nitrogens is 4. The summed E-state index contributed by atoms with van der Waals surface area (Å²) in [6.45, 7) is 4.29. The summed E-state index contributed by atoms with van der Waals surface area (Å²) in [4.78, 5) is 14.5. The predicted molar refractivity (Wildman–Crippen MR) is 116 cm³/mol. The standard InChI is InChI=1S/C23H34N6O/c1-2-21(30)28-17-9-15-23(18-28,24-16-8-12-19-10-4-3-5-11-19)22-25-26-27-29(22)20-13-6-7-14-20/h3-5,10-11,20,24H,2,6-9,12-18H2,1H3. The van der Waals surface area contributed by atoms with Gasteiger partial charge in [0.05, 0.1) is 11.6 Å². The Bertz CT molecular complexity index is 816. The molecule has 2 aromatic rings. The number of carbonyl (C=O) groups excluding carboxylic acids is 1. The van der Waals surface area contributed by atoms with Crippen LogP contribution >= 0.6 is 0 Å². The number of likely N-dealkylation sites (tertiary alicyclic amines) is 1. The van der Waals surface area contributed by atoms with E-state index in [9.17, 15) is 4.79 Å². The van der Waals surface area contributed by atoms with Crippen molar-refractivity contribution >= 4 is 5.91 Å². The van der Waals surface area contributed by atoms with Crippen molar-refractivity contribution in [3.63, 3.8) is 0 Å². The van der Waals surface area contributed by atoms with Crippen molar-refractivity contribution in [1.29, 1.82) is 0 Å². The first-order valence-electron chi connectivity index (χ1n) is 11.6. The largest absolute Gasteiger partial charge is 0.340 e.